The van der Waals surface area contributed by atoms with Crippen LogP contribution in [0.4, 0.5) is 22.0 Å². The summed E-state index contributed by atoms with van der Waals surface area (Å²) in [4.78, 5) is 16.5. The van der Waals surface area contributed by atoms with E-state index in [0.717, 1.165) is 12.1 Å². The number of carbonyl (C=O) groups excluding carboxylic acids is 1. The second kappa shape index (κ2) is 11.3. The molecule has 3 aromatic rings. The zero-order chi connectivity index (χ0) is 26.6. The van der Waals surface area contributed by atoms with E-state index in [0.29, 0.717) is 11.1 Å². The van der Waals surface area contributed by atoms with Crippen molar-refractivity contribution in [2.24, 2.45) is 0 Å². The van der Waals surface area contributed by atoms with Crippen LogP contribution in [0.3, 0.4) is 0 Å². The van der Waals surface area contributed by atoms with Crippen LogP contribution >= 0.6 is 0 Å². The van der Waals surface area contributed by atoms with Crippen LogP contribution in [-0.2, 0) is 35.0 Å². The van der Waals surface area contributed by atoms with Gasteiger partial charge in [0.25, 0.3) is 0 Å². The zero-order valence-electron chi connectivity index (χ0n) is 19.7. The number of aryl methyl sites for hydroxylation is 1. The van der Waals surface area contributed by atoms with Gasteiger partial charge >= 0.3 is 6.18 Å². The molecule has 2 unspecified atom stereocenters. The van der Waals surface area contributed by atoms with Crippen molar-refractivity contribution >= 4 is 16.9 Å². The lowest BCUT2D eigenvalue weighted by Crippen LogP contribution is -2.28. The van der Waals surface area contributed by atoms with Crippen LogP contribution in [0.2, 0.25) is 0 Å². The van der Waals surface area contributed by atoms with Gasteiger partial charge in [-0.05, 0) is 60.9 Å². The van der Waals surface area contributed by atoms with Crippen LogP contribution < -0.4 is 10.0 Å². The summed E-state index contributed by atoms with van der Waals surface area (Å²) in [5, 5.41) is 2.64. The van der Waals surface area contributed by atoms with Gasteiger partial charge in [-0.2, -0.15) is 13.2 Å². The Morgan fingerprint density at radius 2 is 1.72 bits per heavy atom. The fourth-order valence-electron chi connectivity index (χ4n) is 3.55. The highest BCUT2D eigenvalue weighted by atomic mass is 32.2. The minimum absolute atomic E-state index is 0.0546. The molecule has 3 rings (SSSR count). The van der Waals surface area contributed by atoms with Crippen molar-refractivity contribution in [1.29, 1.82) is 0 Å². The second-order valence-electron chi connectivity index (χ2n) is 8.28. The molecule has 0 aliphatic heterocycles. The molecule has 36 heavy (non-hydrogen) atoms. The lowest BCUT2D eigenvalue weighted by Gasteiger charge is -2.16. The molecule has 2 atom stereocenters. The fraction of sp³-hybridized carbons (Fsp3) is 0.280. The first-order valence-corrected chi connectivity index (χ1v) is 12.4. The van der Waals surface area contributed by atoms with Gasteiger partial charge in [-0.3, -0.25) is 4.79 Å². The van der Waals surface area contributed by atoms with Crippen molar-refractivity contribution in [1.82, 2.24) is 15.0 Å². The van der Waals surface area contributed by atoms with Gasteiger partial charge in [0.1, 0.15) is 17.3 Å². The highest BCUT2D eigenvalue weighted by molar-refractivity contribution is 7.82. The summed E-state index contributed by atoms with van der Waals surface area (Å²) in [6.07, 6.45) is -3.28. The maximum atomic E-state index is 14.4. The molecule has 0 saturated carbocycles. The Morgan fingerprint density at radius 3 is 2.33 bits per heavy atom. The Balaban J connectivity index is 1.82. The number of nitrogens with zero attached hydrogens (tertiary/aromatic N) is 1. The molecule has 0 fully saturated rings. The molecular weight excluding hydrogens is 501 g/mol. The van der Waals surface area contributed by atoms with Gasteiger partial charge < -0.3 is 5.32 Å². The maximum Gasteiger partial charge on any atom is 0.433 e. The third-order valence-corrected chi connectivity index (χ3v) is 6.03. The maximum absolute atomic E-state index is 14.4. The van der Waals surface area contributed by atoms with E-state index in [-0.39, 0.29) is 35.5 Å². The summed E-state index contributed by atoms with van der Waals surface area (Å²) < 4.78 is 82.0. The van der Waals surface area contributed by atoms with Crippen molar-refractivity contribution in [2.45, 2.75) is 39.0 Å². The predicted octanol–water partition coefficient (Wildman–Crippen LogP) is 5.16. The van der Waals surface area contributed by atoms with Crippen molar-refractivity contribution in [3.8, 4) is 11.3 Å². The number of halogens is 5. The smallest absolute Gasteiger partial charge is 0.351 e. The molecule has 1 aromatic heterocycles. The molecule has 1 heterocycles. The number of hydrogen-bond donors (Lipinski definition) is 2. The van der Waals surface area contributed by atoms with Gasteiger partial charge in [-0.1, -0.05) is 18.2 Å². The summed E-state index contributed by atoms with van der Waals surface area (Å²) in [7, 11) is -1.31. The minimum Gasteiger partial charge on any atom is -0.351 e. The second-order valence-corrected chi connectivity index (χ2v) is 9.48. The summed E-state index contributed by atoms with van der Waals surface area (Å²) in [5.74, 6) is -2.46. The highest BCUT2D eigenvalue weighted by Gasteiger charge is 2.33. The first-order valence-electron chi connectivity index (χ1n) is 10.8. The van der Waals surface area contributed by atoms with E-state index >= 15 is 0 Å². The highest BCUT2D eigenvalue weighted by Crippen LogP contribution is 2.32. The average molecular weight is 526 g/mol. The molecule has 0 spiro atoms. The standard InChI is InChI=1S/C25H24F5N3O2S/c1-14-8-19(10-20(26)9-14)23-18(6-7-22(33-23)25(28,29)30)12-31-24(34)15(2)16-4-5-17(21(27)11-16)13-32-36(3)35/h4-11,15,32H,12-13H2,1-3H3,(H,31,34). The van der Waals surface area contributed by atoms with E-state index in [9.17, 15) is 31.0 Å². The van der Waals surface area contributed by atoms with Crippen LogP contribution in [0.15, 0.2) is 48.5 Å². The topological polar surface area (TPSA) is 71.1 Å². The first kappa shape index (κ1) is 27.4. The first-order chi connectivity index (χ1) is 16.8. The Morgan fingerprint density at radius 1 is 1.03 bits per heavy atom. The van der Waals surface area contributed by atoms with Crippen LogP contribution in [0, 0.1) is 18.6 Å². The van der Waals surface area contributed by atoms with E-state index in [1.165, 1.54) is 36.6 Å². The molecule has 11 heteroatoms. The molecule has 0 aliphatic rings. The lowest BCUT2D eigenvalue weighted by molar-refractivity contribution is -0.141. The zero-order valence-corrected chi connectivity index (χ0v) is 20.5. The summed E-state index contributed by atoms with van der Waals surface area (Å²) in [6, 6.07) is 10.1. The fourth-order valence-corrected chi connectivity index (χ4v) is 3.91. The molecule has 0 bridgehead atoms. The van der Waals surface area contributed by atoms with Crippen LogP contribution in [0.5, 0.6) is 0 Å². The van der Waals surface area contributed by atoms with Crippen LogP contribution in [0.1, 0.15) is 40.8 Å². The third kappa shape index (κ3) is 6.94. The van der Waals surface area contributed by atoms with Gasteiger partial charge in [0.05, 0.1) is 22.6 Å². The number of pyridine rings is 1. The summed E-state index contributed by atoms with van der Waals surface area (Å²) in [5.41, 5.74) is 0.337. The molecule has 0 saturated heterocycles. The Labute approximate surface area is 207 Å². The number of rotatable bonds is 8. The van der Waals surface area contributed by atoms with Gasteiger partial charge in [0.15, 0.2) is 0 Å². The molecule has 5 nitrogen and oxygen atoms in total. The van der Waals surface area contributed by atoms with Gasteiger partial charge in [0.2, 0.25) is 5.91 Å². The average Bonchev–Trinajstić information content (AvgIpc) is 2.79. The van der Waals surface area contributed by atoms with Gasteiger partial charge in [-0.25, -0.2) is 22.7 Å². The van der Waals surface area contributed by atoms with E-state index in [1.54, 1.807) is 19.9 Å². The molecule has 0 aliphatic carbocycles. The molecule has 192 valence electrons. The summed E-state index contributed by atoms with van der Waals surface area (Å²) >= 11 is 0. The minimum atomic E-state index is -4.70. The molecule has 2 N–H and O–H groups in total. The predicted molar refractivity (Wildman–Crippen MR) is 127 cm³/mol. The number of nitrogens with one attached hydrogen (secondary N) is 2. The Kier molecular flexibility index (Phi) is 8.57. The number of benzene rings is 2. The van der Waals surface area contributed by atoms with Gasteiger partial charge in [-0.15, -0.1) is 0 Å². The van der Waals surface area contributed by atoms with E-state index in [1.807, 2.05) is 0 Å². The molecule has 1 amide bonds. The van der Waals surface area contributed by atoms with Crippen molar-refractivity contribution < 1.29 is 31.0 Å². The quantitative estimate of drug-likeness (QED) is 0.400. The monoisotopic (exact) mass is 525 g/mol. The number of alkyl halides is 3. The van der Waals surface area contributed by atoms with Gasteiger partial charge in [0, 0.05) is 30.5 Å². The van der Waals surface area contributed by atoms with Crippen LogP contribution in [0.25, 0.3) is 11.3 Å². The van der Waals surface area contributed by atoms with Crippen molar-refractivity contribution in [3.05, 3.63) is 88.1 Å². The third-order valence-electron chi connectivity index (χ3n) is 5.47. The number of amides is 1. The number of aromatic nitrogens is 1. The lowest BCUT2D eigenvalue weighted by atomic mass is 9.98. The molecule has 0 radical (unpaired) electrons. The van der Waals surface area contributed by atoms with E-state index in [4.69, 9.17) is 0 Å². The number of hydrogen-bond acceptors (Lipinski definition) is 3. The Bertz CT molecular complexity index is 1280. The van der Waals surface area contributed by atoms with Crippen LogP contribution in [-0.4, -0.2) is 21.4 Å². The van der Waals surface area contributed by atoms with Crippen molar-refractivity contribution in [2.75, 3.05) is 6.26 Å². The van der Waals surface area contributed by atoms with Crippen molar-refractivity contribution in [3.63, 3.8) is 0 Å². The largest absolute Gasteiger partial charge is 0.433 e. The molecule has 2 aromatic carbocycles. The summed E-state index contributed by atoms with van der Waals surface area (Å²) in [6.45, 7) is 3.04. The van der Waals surface area contributed by atoms with E-state index < -0.39 is 46.3 Å². The number of carbonyl (C=O) groups is 1. The van der Waals surface area contributed by atoms with E-state index in [2.05, 4.69) is 15.0 Å². The molecular formula is C25H24F5N3O2S. The Hall–Kier alpha value is -3.18. The normalized spacial score (nSPS) is 13.3. The SMILES string of the molecule is Cc1cc(F)cc(-c2nc(C(F)(F)F)ccc2CNC(=O)C(C)c2ccc(CNS(C)=O)c(F)c2)c1.